The van der Waals surface area contributed by atoms with E-state index >= 15 is 0 Å². The van der Waals surface area contributed by atoms with Crippen LogP contribution in [0.2, 0.25) is 0 Å². The van der Waals surface area contributed by atoms with Crippen LogP contribution in [0.3, 0.4) is 0 Å². The number of thiazole rings is 1. The number of carbonyl (C=O) groups excluding carboxylic acids is 1. The first-order chi connectivity index (χ1) is 13.0. The van der Waals surface area contributed by atoms with Gasteiger partial charge in [-0.1, -0.05) is 51.8 Å². The molecule has 0 fully saturated rings. The highest BCUT2D eigenvalue weighted by molar-refractivity contribution is 9.10. The van der Waals surface area contributed by atoms with Crippen LogP contribution in [0.1, 0.15) is 16.7 Å². The van der Waals surface area contributed by atoms with E-state index in [9.17, 15) is 4.79 Å². The second kappa shape index (κ2) is 7.25. The molecular formula is C20H17BrN4OS. The summed E-state index contributed by atoms with van der Waals surface area (Å²) in [4.78, 5) is 17.5. The van der Waals surface area contributed by atoms with Crippen LogP contribution >= 0.6 is 27.3 Å². The van der Waals surface area contributed by atoms with Gasteiger partial charge >= 0.3 is 0 Å². The number of nitrogens with zero attached hydrogens (tertiary/aromatic N) is 3. The third-order valence-corrected chi connectivity index (χ3v) is 5.61. The molecule has 2 heterocycles. The zero-order valence-corrected chi connectivity index (χ0v) is 17.3. The third kappa shape index (κ3) is 3.79. The van der Waals surface area contributed by atoms with Crippen molar-refractivity contribution in [3.8, 4) is 11.3 Å². The van der Waals surface area contributed by atoms with E-state index in [2.05, 4.69) is 63.4 Å². The van der Waals surface area contributed by atoms with E-state index in [0.29, 0.717) is 5.95 Å². The number of anilines is 1. The molecule has 0 aliphatic rings. The van der Waals surface area contributed by atoms with Gasteiger partial charge in [-0.25, -0.2) is 4.52 Å². The lowest BCUT2D eigenvalue weighted by molar-refractivity contribution is -0.115. The van der Waals surface area contributed by atoms with Crippen molar-refractivity contribution in [2.75, 3.05) is 5.32 Å². The van der Waals surface area contributed by atoms with E-state index in [0.717, 1.165) is 26.3 Å². The van der Waals surface area contributed by atoms with E-state index < -0.39 is 0 Å². The summed E-state index contributed by atoms with van der Waals surface area (Å²) in [6.07, 6.45) is 0.282. The quantitative estimate of drug-likeness (QED) is 0.484. The Morgan fingerprint density at radius 2 is 1.96 bits per heavy atom. The van der Waals surface area contributed by atoms with Crippen molar-refractivity contribution >= 4 is 44.1 Å². The fourth-order valence-electron chi connectivity index (χ4n) is 2.98. The van der Waals surface area contributed by atoms with Crippen LogP contribution in [0, 0.1) is 13.8 Å². The van der Waals surface area contributed by atoms with Crippen molar-refractivity contribution in [1.29, 1.82) is 0 Å². The minimum Gasteiger partial charge on any atom is -0.293 e. The maximum atomic E-state index is 12.3. The molecule has 0 saturated carbocycles. The number of hydrogen-bond donors (Lipinski definition) is 1. The van der Waals surface area contributed by atoms with Crippen LogP contribution in [0.5, 0.6) is 0 Å². The van der Waals surface area contributed by atoms with Gasteiger partial charge in [-0.05, 0) is 37.1 Å². The molecule has 1 N–H and O–H groups in total. The van der Waals surface area contributed by atoms with Gasteiger partial charge in [0.15, 0.2) is 0 Å². The minimum atomic E-state index is -0.136. The summed E-state index contributed by atoms with van der Waals surface area (Å²) in [5.41, 5.74) is 5.44. The lowest BCUT2D eigenvalue weighted by Gasteiger charge is -2.05. The smallest absolute Gasteiger partial charge is 0.250 e. The van der Waals surface area contributed by atoms with E-state index in [4.69, 9.17) is 0 Å². The zero-order chi connectivity index (χ0) is 19.0. The number of carbonyl (C=O) groups is 1. The van der Waals surface area contributed by atoms with Gasteiger partial charge in [0.05, 0.1) is 12.1 Å². The maximum absolute atomic E-state index is 12.3. The van der Waals surface area contributed by atoms with Crippen molar-refractivity contribution in [3.63, 3.8) is 0 Å². The molecule has 0 bridgehead atoms. The Morgan fingerprint density at radius 1 is 1.19 bits per heavy atom. The van der Waals surface area contributed by atoms with Gasteiger partial charge in [0, 0.05) is 15.4 Å². The standard InChI is InChI=1S/C20H17BrN4OS/c1-12-3-8-16(13(2)9-12)17-11-27-20-23-19(24-25(17)20)22-18(26)10-14-4-6-15(21)7-5-14/h3-9,11H,10H2,1-2H3,(H,22,24,26). The molecule has 4 aromatic rings. The average molecular weight is 441 g/mol. The Balaban J connectivity index is 1.56. The molecule has 7 heteroatoms. The van der Waals surface area contributed by atoms with E-state index in [-0.39, 0.29) is 12.3 Å². The van der Waals surface area contributed by atoms with Gasteiger partial charge in [-0.3, -0.25) is 10.1 Å². The number of nitrogens with one attached hydrogen (secondary N) is 1. The van der Waals surface area contributed by atoms with Crippen LogP contribution in [-0.4, -0.2) is 20.5 Å². The maximum Gasteiger partial charge on any atom is 0.250 e. The first kappa shape index (κ1) is 17.9. The predicted octanol–water partition coefficient (Wildman–Crippen LogP) is 5.02. The zero-order valence-electron chi connectivity index (χ0n) is 14.9. The van der Waals surface area contributed by atoms with Gasteiger partial charge < -0.3 is 0 Å². The summed E-state index contributed by atoms with van der Waals surface area (Å²) in [5.74, 6) is 0.193. The Morgan fingerprint density at radius 3 is 2.70 bits per heavy atom. The fraction of sp³-hybridized carbons (Fsp3) is 0.150. The molecule has 0 aliphatic heterocycles. The molecule has 27 heavy (non-hydrogen) atoms. The summed E-state index contributed by atoms with van der Waals surface area (Å²) in [6.45, 7) is 4.16. The number of rotatable bonds is 4. The summed E-state index contributed by atoms with van der Waals surface area (Å²) in [6, 6.07) is 14.0. The fourth-order valence-corrected chi connectivity index (χ4v) is 4.06. The first-order valence-corrected chi connectivity index (χ1v) is 10.1. The summed E-state index contributed by atoms with van der Waals surface area (Å²) >= 11 is 4.90. The Hall–Kier alpha value is -2.51. The number of fused-ring (bicyclic) bond motifs is 1. The third-order valence-electron chi connectivity index (χ3n) is 4.27. The molecule has 0 spiro atoms. The second-order valence-electron chi connectivity index (χ2n) is 6.42. The first-order valence-electron chi connectivity index (χ1n) is 8.46. The molecule has 2 aromatic carbocycles. The van der Waals surface area contributed by atoms with Crippen LogP contribution < -0.4 is 5.32 Å². The summed E-state index contributed by atoms with van der Waals surface area (Å²) in [5, 5.41) is 9.32. The van der Waals surface area contributed by atoms with Gasteiger partial charge in [0.1, 0.15) is 0 Å². The van der Waals surface area contributed by atoms with Crippen molar-refractivity contribution in [2.24, 2.45) is 0 Å². The van der Waals surface area contributed by atoms with Gasteiger partial charge in [-0.15, -0.1) is 16.4 Å². The summed E-state index contributed by atoms with van der Waals surface area (Å²) < 4.78 is 2.78. The van der Waals surface area contributed by atoms with Crippen LogP contribution in [0.15, 0.2) is 52.3 Å². The topological polar surface area (TPSA) is 59.3 Å². The highest BCUT2D eigenvalue weighted by atomic mass is 79.9. The molecule has 136 valence electrons. The number of aromatic nitrogens is 3. The predicted molar refractivity (Wildman–Crippen MR) is 112 cm³/mol. The molecule has 0 radical (unpaired) electrons. The normalized spacial score (nSPS) is 11.1. The molecule has 0 aliphatic carbocycles. The Bertz CT molecular complexity index is 1130. The largest absolute Gasteiger partial charge is 0.293 e. The van der Waals surface area contributed by atoms with Crippen LogP contribution in [0.25, 0.3) is 16.2 Å². The van der Waals surface area contributed by atoms with Crippen LogP contribution in [0.4, 0.5) is 5.95 Å². The number of amides is 1. The Kier molecular flexibility index (Phi) is 4.80. The molecular weight excluding hydrogens is 424 g/mol. The SMILES string of the molecule is Cc1ccc(-c2csc3nc(NC(=O)Cc4ccc(Br)cc4)nn23)c(C)c1. The molecule has 4 rings (SSSR count). The summed E-state index contributed by atoms with van der Waals surface area (Å²) in [7, 11) is 0. The molecule has 0 unspecified atom stereocenters. The highest BCUT2D eigenvalue weighted by Crippen LogP contribution is 2.28. The second-order valence-corrected chi connectivity index (χ2v) is 8.17. The lowest BCUT2D eigenvalue weighted by atomic mass is 10.0. The number of halogens is 1. The minimum absolute atomic E-state index is 0.136. The number of hydrogen-bond acceptors (Lipinski definition) is 4. The molecule has 0 saturated heterocycles. The lowest BCUT2D eigenvalue weighted by Crippen LogP contribution is -2.15. The molecule has 0 atom stereocenters. The van der Waals surface area contributed by atoms with Crippen molar-refractivity contribution in [1.82, 2.24) is 14.6 Å². The van der Waals surface area contributed by atoms with Gasteiger partial charge in [0.2, 0.25) is 16.8 Å². The number of aryl methyl sites for hydroxylation is 2. The van der Waals surface area contributed by atoms with Gasteiger partial charge in [0.25, 0.3) is 0 Å². The monoisotopic (exact) mass is 440 g/mol. The van der Waals surface area contributed by atoms with Crippen molar-refractivity contribution < 1.29 is 4.79 Å². The van der Waals surface area contributed by atoms with E-state index in [1.54, 1.807) is 4.52 Å². The van der Waals surface area contributed by atoms with E-state index in [1.807, 2.05) is 29.6 Å². The molecule has 1 amide bonds. The highest BCUT2D eigenvalue weighted by Gasteiger charge is 2.15. The number of benzene rings is 2. The van der Waals surface area contributed by atoms with Crippen LogP contribution in [-0.2, 0) is 11.2 Å². The molecule has 2 aromatic heterocycles. The molecule has 5 nitrogen and oxygen atoms in total. The average Bonchev–Trinajstić information content (AvgIpc) is 3.17. The Labute approximate surface area is 169 Å². The van der Waals surface area contributed by atoms with Gasteiger partial charge in [-0.2, -0.15) is 4.98 Å². The van der Waals surface area contributed by atoms with E-state index in [1.165, 1.54) is 22.5 Å². The van der Waals surface area contributed by atoms with Crippen molar-refractivity contribution in [2.45, 2.75) is 20.3 Å². The van der Waals surface area contributed by atoms with Crippen molar-refractivity contribution in [3.05, 3.63) is 69.0 Å².